The lowest BCUT2D eigenvalue weighted by Crippen LogP contribution is -2.57. The summed E-state index contributed by atoms with van der Waals surface area (Å²) in [6, 6.07) is 10.3. The summed E-state index contributed by atoms with van der Waals surface area (Å²) in [7, 11) is 0. The normalized spacial score (nSPS) is 22.0. The van der Waals surface area contributed by atoms with Gasteiger partial charge in [-0.2, -0.15) is 0 Å². The zero-order valence-corrected chi connectivity index (χ0v) is 12.2. The van der Waals surface area contributed by atoms with E-state index in [4.69, 9.17) is 0 Å². The molecule has 1 aliphatic heterocycles. The molecule has 1 heterocycles. The fourth-order valence-electron chi connectivity index (χ4n) is 2.47. The van der Waals surface area contributed by atoms with Crippen molar-refractivity contribution in [3.63, 3.8) is 0 Å². The van der Waals surface area contributed by atoms with Gasteiger partial charge in [-0.15, -0.1) is 0 Å². The summed E-state index contributed by atoms with van der Waals surface area (Å²) in [6.45, 7) is 5.89. The Bertz CT molecular complexity index is 501. The highest BCUT2D eigenvalue weighted by atomic mass is 16.2. The third-order valence-corrected chi connectivity index (χ3v) is 3.81. The molecular formula is C17H22N2O. The molecule has 1 fully saturated rings. The third kappa shape index (κ3) is 3.61. The molecule has 1 amide bonds. The van der Waals surface area contributed by atoms with E-state index in [0.29, 0.717) is 6.04 Å². The van der Waals surface area contributed by atoms with E-state index in [-0.39, 0.29) is 11.9 Å². The van der Waals surface area contributed by atoms with Crippen LogP contribution >= 0.6 is 0 Å². The Morgan fingerprint density at radius 2 is 2.05 bits per heavy atom. The fourth-order valence-corrected chi connectivity index (χ4v) is 2.47. The summed E-state index contributed by atoms with van der Waals surface area (Å²) in [5.74, 6) is 5.69. The first-order chi connectivity index (χ1) is 9.74. The number of hydrogen-bond acceptors (Lipinski definition) is 2. The van der Waals surface area contributed by atoms with Crippen molar-refractivity contribution in [1.82, 2.24) is 10.2 Å². The highest BCUT2D eigenvalue weighted by Crippen LogP contribution is 2.12. The quantitative estimate of drug-likeness (QED) is 0.834. The van der Waals surface area contributed by atoms with Gasteiger partial charge in [0.1, 0.15) is 0 Å². The van der Waals surface area contributed by atoms with Crippen LogP contribution in [0.2, 0.25) is 0 Å². The summed E-state index contributed by atoms with van der Waals surface area (Å²) < 4.78 is 0. The van der Waals surface area contributed by atoms with Gasteiger partial charge in [0.05, 0.1) is 0 Å². The molecule has 0 aliphatic carbocycles. The molecule has 1 aromatic carbocycles. The summed E-state index contributed by atoms with van der Waals surface area (Å²) >= 11 is 0. The molecule has 1 aliphatic rings. The zero-order chi connectivity index (χ0) is 14.4. The van der Waals surface area contributed by atoms with Crippen molar-refractivity contribution in [1.29, 1.82) is 0 Å². The van der Waals surface area contributed by atoms with E-state index >= 15 is 0 Å². The highest BCUT2D eigenvalue weighted by Gasteiger charge is 2.28. The number of carbonyl (C=O) groups excluding carboxylic acids is 1. The highest BCUT2D eigenvalue weighted by molar-refractivity contribution is 5.94. The third-order valence-electron chi connectivity index (χ3n) is 3.81. The Kier molecular flexibility index (Phi) is 5.20. The lowest BCUT2D eigenvalue weighted by molar-refractivity contribution is -0.129. The van der Waals surface area contributed by atoms with E-state index in [1.54, 1.807) is 0 Å². The number of amides is 1. The van der Waals surface area contributed by atoms with E-state index in [1.807, 2.05) is 35.2 Å². The average molecular weight is 270 g/mol. The van der Waals surface area contributed by atoms with Crippen LogP contribution in [0.3, 0.4) is 0 Å². The van der Waals surface area contributed by atoms with Crippen molar-refractivity contribution in [2.45, 2.75) is 38.8 Å². The predicted octanol–water partition coefficient (Wildman–Crippen LogP) is 2.03. The summed E-state index contributed by atoms with van der Waals surface area (Å²) in [5, 5.41) is 3.49. The molecule has 0 spiro atoms. The Balaban J connectivity index is 2.08. The molecule has 0 radical (unpaired) electrons. The fraction of sp³-hybridized carbons (Fsp3) is 0.471. The Labute approximate surface area is 121 Å². The lowest BCUT2D eigenvalue weighted by atomic mass is 10.1. The van der Waals surface area contributed by atoms with Gasteiger partial charge in [0.25, 0.3) is 5.91 Å². The second kappa shape index (κ2) is 7.12. The molecule has 0 aromatic heterocycles. The molecule has 3 heteroatoms. The van der Waals surface area contributed by atoms with Gasteiger partial charge in [0, 0.05) is 36.7 Å². The van der Waals surface area contributed by atoms with Crippen LogP contribution < -0.4 is 5.32 Å². The maximum absolute atomic E-state index is 12.3. The van der Waals surface area contributed by atoms with E-state index in [9.17, 15) is 4.79 Å². The average Bonchev–Trinajstić information content (AvgIpc) is 2.52. The minimum absolute atomic E-state index is 0.0550. The van der Waals surface area contributed by atoms with E-state index in [1.165, 1.54) is 0 Å². The van der Waals surface area contributed by atoms with Crippen molar-refractivity contribution in [2.24, 2.45) is 0 Å². The second-order valence-corrected chi connectivity index (χ2v) is 5.15. The maximum atomic E-state index is 12.3. The number of nitrogens with zero attached hydrogens (tertiary/aromatic N) is 1. The molecule has 0 saturated carbocycles. The van der Waals surface area contributed by atoms with Crippen molar-refractivity contribution >= 4 is 5.91 Å². The molecule has 2 atom stereocenters. The summed E-state index contributed by atoms with van der Waals surface area (Å²) in [6.07, 6.45) is 1.99. The largest absolute Gasteiger partial charge is 0.326 e. The molecule has 3 nitrogen and oxygen atoms in total. The molecule has 1 saturated heterocycles. The van der Waals surface area contributed by atoms with Gasteiger partial charge in [-0.05, 0) is 25.0 Å². The monoisotopic (exact) mass is 270 g/mol. The first-order valence-corrected chi connectivity index (χ1v) is 7.35. The standard InChI is InChI=1S/C17H22N2O/c1-3-15-13-19(16(4-2)12-18-15)17(20)11-10-14-8-6-5-7-9-14/h5-9,15-16,18H,3-4,12-13H2,1-2H3. The van der Waals surface area contributed by atoms with Crippen LogP contribution in [0.1, 0.15) is 32.3 Å². The van der Waals surface area contributed by atoms with Crippen LogP contribution in [-0.4, -0.2) is 36.0 Å². The SMILES string of the molecule is CCC1CN(C(=O)C#Cc2ccccc2)C(CC)CN1. The van der Waals surface area contributed by atoms with Crippen LogP contribution in [0.5, 0.6) is 0 Å². The van der Waals surface area contributed by atoms with Gasteiger partial charge in [-0.1, -0.05) is 38.0 Å². The number of carbonyl (C=O) groups is 1. The van der Waals surface area contributed by atoms with Crippen LogP contribution in [0.4, 0.5) is 0 Å². The minimum atomic E-state index is -0.0550. The van der Waals surface area contributed by atoms with Gasteiger partial charge in [-0.25, -0.2) is 0 Å². The Hall–Kier alpha value is -1.79. The molecule has 106 valence electrons. The number of benzene rings is 1. The zero-order valence-electron chi connectivity index (χ0n) is 12.2. The van der Waals surface area contributed by atoms with Gasteiger partial charge >= 0.3 is 0 Å². The maximum Gasteiger partial charge on any atom is 0.299 e. The number of piperazine rings is 1. The number of nitrogens with one attached hydrogen (secondary N) is 1. The number of hydrogen-bond donors (Lipinski definition) is 1. The van der Waals surface area contributed by atoms with Crippen molar-refractivity contribution in [3.8, 4) is 11.8 Å². The van der Waals surface area contributed by atoms with E-state index in [0.717, 1.165) is 31.5 Å². The van der Waals surface area contributed by atoms with Gasteiger partial charge < -0.3 is 10.2 Å². The molecule has 2 rings (SSSR count). The first kappa shape index (κ1) is 14.6. The smallest absolute Gasteiger partial charge is 0.299 e. The van der Waals surface area contributed by atoms with Crippen LogP contribution in [0.15, 0.2) is 30.3 Å². The van der Waals surface area contributed by atoms with Crippen molar-refractivity contribution in [3.05, 3.63) is 35.9 Å². The van der Waals surface area contributed by atoms with Crippen molar-refractivity contribution < 1.29 is 4.79 Å². The Morgan fingerprint density at radius 3 is 2.70 bits per heavy atom. The number of rotatable bonds is 2. The summed E-state index contributed by atoms with van der Waals surface area (Å²) in [5.41, 5.74) is 0.885. The Morgan fingerprint density at radius 1 is 1.30 bits per heavy atom. The van der Waals surface area contributed by atoms with Crippen LogP contribution in [0.25, 0.3) is 0 Å². The van der Waals surface area contributed by atoms with E-state index < -0.39 is 0 Å². The first-order valence-electron chi connectivity index (χ1n) is 7.35. The minimum Gasteiger partial charge on any atom is -0.326 e. The second-order valence-electron chi connectivity index (χ2n) is 5.15. The van der Waals surface area contributed by atoms with Crippen LogP contribution in [0, 0.1) is 11.8 Å². The summed E-state index contributed by atoms with van der Waals surface area (Å²) in [4.78, 5) is 14.3. The molecule has 0 bridgehead atoms. The molecule has 1 aromatic rings. The van der Waals surface area contributed by atoms with Gasteiger partial charge in [0.15, 0.2) is 0 Å². The van der Waals surface area contributed by atoms with Gasteiger partial charge in [0.2, 0.25) is 0 Å². The topological polar surface area (TPSA) is 32.3 Å². The molecule has 20 heavy (non-hydrogen) atoms. The van der Waals surface area contributed by atoms with Gasteiger partial charge in [-0.3, -0.25) is 4.79 Å². The van der Waals surface area contributed by atoms with Crippen LogP contribution in [-0.2, 0) is 4.79 Å². The molecule has 1 N–H and O–H groups in total. The molecular weight excluding hydrogens is 248 g/mol. The predicted molar refractivity (Wildman–Crippen MR) is 81.2 cm³/mol. The van der Waals surface area contributed by atoms with E-state index in [2.05, 4.69) is 31.0 Å². The van der Waals surface area contributed by atoms with Crippen molar-refractivity contribution in [2.75, 3.05) is 13.1 Å². The molecule has 2 unspecified atom stereocenters. The lowest BCUT2D eigenvalue weighted by Gasteiger charge is -2.38.